The molecule has 0 aliphatic carbocycles. The molecule has 134 valence electrons. The molecule has 0 bridgehead atoms. The summed E-state index contributed by atoms with van der Waals surface area (Å²) < 4.78 is 43.3. The number of ether oxygens (including phenoxy) is 1. The van der Waals surface area contributed by atoms with E-state index in [-0.39, 0.29) is 12.3 Å². The summed E-state index contributed by atoms with van der Waals surface area (Å²) in [7, 11) is 0. The molecule has 0 saturated heterocycles. The van der Waals surface area contributed by atoms with Crippen molar-refractivity contribution < 1.29 is 22.7 Å². The fourth-order valence-corrected chi connectivity index (χ4v) is 2.25. The molecule has 3 nitrogen and oxygen atoms in total. The van der Waals surface area contributed by atoms with E-state index in [0.717, 1.165) is 18.6 Å². The van der Waals surface area contributed by atoms with E-state index >= 15 is 0 Å². The molecular formula is C19H20F3NO2. The third-order valence-electron chi connectivity index (χ3n) is 3.91. The lowest BCUT2D eigenvalue weighted by Crippen LogP contribution is -2.20. The molecule has 0 aromatic heterocycles. The minimum Gasteiger partial charge on any atom is -0.484 e. The molecule has 2 aromatic rings. The van der Waals surface area contributed by atoms with Crippen LogP contribution < -0.4 is 10.1 Å². The monoisotopic (exact) mass is 351 g/mol. The lowest BCUT2D eigenvalue weighted by atomic mass is 9.99. The number of rotatable bonds is 6. The Bertz CT molecular complexity index is 711. The molecule has 0 unspecified atom stereocenters. The summed E-state index contributed by atoms with van der Waals surface area (Å²) in [6.07, 6.45) is -3.42. The molecule has 25 heavy (non-hydrogen) atoms. The zero-order valence-corrected chi connectivity index (χ0v) is 14.1. The van der Waals surface area contributed by atoms with Crippen LogP contribution in [0.2, 0.25) is 0 Å². The fraction of sp³-hybridized carbons (Fsp3) is 0.316. The first kappa shape index (κ1) is 18.8. The van der Waals surface area contributed by atoms with E-state index in [2.05, 4.69) is 19.2 Å². The van der Waals surface area contributed by atoms with E-state index in [4.69, 9.17) is 4.74 Å². The van der Waals surface area contributed by atoms with Crippen molar-refractivity contribution in [3.8, 4) is 5.75 Å². The maximum Gasteiger partial charge on any atom is 0.416 e. The molecule has 0 heterocycles. The topological polar surface area (TPSA) is 38.3 Å². The molecule has 0 aliphatic rings. The van der Waals surface area contributed by atoms with Crippen LogP contribution in [0.15, 0.2) is 48.5 Å². The number of anilines is 1. The molecule has 1 N–H and O–H groups in total. The lowest BCUT2D eigenvalue weighted by Gasteiger charge is -2.12. The van der Waals surface area contributed by atoms with Crippen LogP contribution in [0.5, 0.6) is 5.75 Å². The maximum absolute atomic E-state index is 12.7. The smallest absolute Gasteiger partial charge is 0.416 e. The SMILES string of the molecule is CC[C@@H](C)c1ccc(OCC(=O)Nc2cccc(C(F)(F)F)c2)cc1. The number of halogens is 3. The summed E-state index contributed by atoms with van der Waals surface area (Å²) in [6.45, 7) is 3.95. The van der Waals surface area contributed by atoms with Gasteiger partial charge in [-0.05, 0) is 48.2 Å². The first-order valence-corrected chi connectivity index (χ1v) is 7.99. The van der Waals surface area contributed by atoms with Crippen LogP contribution in [0, 0.1) is 0 Å². The van der Waals surface area contributed by atoms with Crippen LogP contribution in [0.3, 0.4) is 0 Å². The van der Waals surface area contributed by atoms with Gasteiger partial charge >= 0.3 is 6.18 Å². The highest BCUT2D eigenvalue weighted by Gasteiger charge is 2.30. The van der Waals surface area contributed by atoms with Gasteiger partial charge in [-0.15, -0.1) is 0 Å². The summed E-state index contributed by atoms with van der Waals surface area (Å²) in [6, 6.07) is 11.9. The average molecular weight is 351 g/mol. The van der Waals surface area contributed by atoms with Gasteiger partial charge in [0.15, 0.2) is 6.61 Å². The van der Waals surface area contributed by atoms with E-state index < -0.39 is 17.6 Å². The Kier molecular flexibility index (Phi) is 6.07. The number of carbonyl (C=O) groups excluding carboxylic acids is 1. The summed E-state index contributed by atoms with van der Waals surface area (Å²) in [5.74, 6) is 0.454. The lowest BCUT2D eigenvalue weighted by molar-refractivity contribution is -0.137. The van der Waals surface area contributed by atoms with Crippen molar-refractivity contribution in [2.75, 3.05) is 11.9 Å². The predicted octanol–water partition coefficient (Wildman–Crippen LogP) is 5.24. The standard InChI is InChI=1S/C19H20F3NO2/c1-3-13(2)14-7-9-17(10-8-14)25-12-18(24)23-16-6-4-5-15(11-16)19(20,21)22/h4-11,13H,3,12H2,1-2H3,(H,23,24)/t13-/m1/s1. The van der Waals surface area contributed by atoms with Gasteiger partial charge in [-0.1, -0.05) is 32.0 Å². The molecule has 1 amide bonds. The highest BCUT2D eigenvalue weighted by molar-refractivity contribution is 5.91. The zero-order valence-electron chi connectivity index (χ0n) is 14.1. The second-order valence-corrected chi connectivity index (χ2v) is 5.79. The van der Waals surface area contributed by atoms with Gasteiger partial charge in [0.25, 0.3) is 5.91 Å². The second kappa shape index (κ2) is 8.05. The molecule has 0 fully saturated rings. The van der Waals surface area contributed by atoms with Crippen LogP contribution in [-0.2, 0) is 11.0 Å². The van der Waals surface area contributed by atoms with Gasteiger partial charge in [0.1, 0.15) is 5.75 Å². The van der Waals surface area contributed by atoms with Gasteiger partial charge in [0.05, 0.1) is 5.56 Å². The van der Waals surface area contributed by atoms with Crippen molar-refractivity contribution in [3.05, 3.63) is 59.7 Å². The molecule has 2 rings (SSSR count). The predicted molar refractivity (Wildman–Crippen MR) is 90.7 cm³/mol. The van der Waals surface area contributed by atoms with Gasteiger partial charge in [-0.3, -0.25) is 4.79 Å². The maximum atomic E-state index is 12.7. The molecule has 6 heteroatoms. The van der Waals surface area contributed by atoms with Gasteiger partial charge in [-0.25, -0.2) is 0 Å². The average Bonchev–Trinajstić information content (AvgIpc) is 2.59. The third-order valence-corrected chi connectivity index (χ3v) is 3.91. The van der Waals surface area contributed by atoms with E-state index in [0.29, 0.717) is 11.7 Å². The van der Waals surface area contributed by atoms with Gasteiger partial charge in [0.2, 0.25) is 0 Å². The molecule has 2 aromatic carbocycles. The van der Waals surface area contributed by atoms with Gasteiger partial charge in [0, 0.05) is 5.69 Å². The molecular weight excluding hydrogens is 331 g/mol. The van der Waals surface area contributed by atoms with Crippen LogP contribution in [-0.4, -0.2) is 12.5 Å². The Morgan fingerprint density at radius 1 is 1.16 bits per heavy atom. The van der Waals surface area contributed by atoms with Crippen molar-refractivity contribution in [2.45, 2.75) is 32.4 Å². The Hall–Kier alpha value is -2.50. The highest BCUT2D eigenvalue weighted by Crippen LogP contribution is 2.30. The number of amides is 1. The molecule has 1 atom stereocenters. The Labute approximate surface area is 144 Å². The molecule has 0 aliphatic heterocycles. The number of alkyl halides is 3. The second-order valence-electron chi connectivity index (χ2n) is 5.79. The van der Waals surface area contributed by atoms with E-state index in [1.807, 2.05) is 12.1 Å². The van der Waals surface area contributed by atoms with E-state index in [1.54, 1.807) is 12.1 Å². The summed E-state index contributed by atoms with van der Waals surface area (Å²) in [5, 5.41) is 2.40. The summed E-state index contributed by atoms with van der Waals surface area (Å²) >= 11 is 0. The number of nitrogens with one attached hydrogen (secondary N) is 1. The van der Waals surface area contributed by atoms with Crippen molar-refractivity contribution in [3.63, 3.8) is 0 Å². The Balaban J connectivity index is 1.91. The minimum absolute atomic E-state index is 0.0792. The number of carbonyl (C=O) groups is 1. The first-order valence-electron chi connectivity index (χ1n) is 7.99. The van der Waals surface area contributed by atoms with Crippen LogP contribution in [0.1, 0.15) is 37.3 Å². The minimum atomic E-state index is -4.45. The van der Waals surface area contributed by atoms with Crippen LogP contribution >= 0.6 is 0 Å². The summed E-state index contributed by atoms with van der Waals surface area (Å²) in [4.78, 5) is 11.9. The molecule has 0 spiro atoms. The van der Waals surface area contributed by atoms with Crippen molar-refractivity contribution in [1.82, 2.24) is 0 Å². The quantitative estimate of drug-likeness (QED) is 0.773. The van der Waals surface area contributed by atoms with E-state index in [1.165, 1.54) is 17.7 Å². The van der Waals surface area contributed by atoms with Crippen molar-refractivity contribution in [1.29, 1.82) is 0 Å². The van der Waals surface area contributed by atoms with Gasteiger partial charge in [-0.2, -0.15) is 13.2 Å². The zero-order chi connectivity index (χ0) is 18.4. The molecule has 0 radical (unpaired) electrons. The van der Waals surface area contributed by atoms with Crippen molar-refractivity contribution in [2.24, 2.45) is 0 Å². The van der Waals surface area contributed by atoms with Crippen LogP contribution in [0.4, 0.5) is 18.9 Å². The highest BCUT2D eigenvalue weighted by atomic mass is 19.4. The fourth-order valence-electron chi connectivity index (χ4n) is 2.25. The number of hydrogen-bond donors (Lipinski definition) is 1. The number of hydrogen-bond acceptors (Lipinski definition) is 2. The molecule has 0 saturated carbocycles. The van der Waals surface area contributed by atoms with E-state index in [9.17, 15) is 18.0 Å². The van der Waals surface area contributed by atoms with Crippen molar-refractivity contribution >= 4 is 11.6 Å². The van der Waals surface area contributed by atoms with Gasteiger partial charge < -0.3 is 10.1 Å². The Morgan fingerprint density at radius 3 is 2.44 bits per heavy atom. The Morgan fingerprint density at radius 2 is 1.84 bits per heavy atom. The normalized spacial score (nSPS) is 12.5. The first-order chi connectivity index (χ1) is 11.8. The number of benzene rings is 2. The summed E-state index contributed by atoms with van der Waals surface area (Å²) in [5.41, 5.74) is 0.450. The largest absolute Gasteiger partial charge is 0.484 e. The van der Waals surface area contributed by atoms with Crippen LogP contribution in [0.25, 0.3) is 0 Å². The third kappa shape index (κ3) is 5.52.